The van der Waals surface area contributed by atoms with Crippen LogP contribution in [0.3, 0.4) is 0 Å². The highest BCUT2D eigenvalue weighted by atomic mass is 35.5. The Hall–Kier alpha value is -1.13. The Labute approximate surface area is 122 Å². The first-order chi connectivity index (χ1) is 9.19. The molecule has 2 rings (SSSR count). The number of nitrogens with two attached hydrogens (primary N) is 1. The third-order valence-electron chi connectivity index (χ3n) is 3.09. The van der Waals surface area contributed by atoms with Crippen LogP contribution in [0.1, 0.15) is 29.7 Å². The highest BCUT2D eigenvalue weighted by molar-refractivity contribution is 6.42. The van der Waals surface area contributed by atoms with Crippen LogP contribution in [0.5, 0.6) is 0 Å². The number of hydrogen-bond acceptors (Lipinski definition) is 3. The first-order valence-electron chi connectivity index (χ1n) is 6.01. The van der Waals surface area contributed by atoms with Gasteiger partial charge in [-0.1, -0.05) is 42.3 Å². The Bertz CT molecular complexity index is 572. The Morgan fingerprint density at radius 1 is 1.26 bits per heavy atom. The van der Waals surface area contributed by atoms with E-state index >= 15 is 0 Å². The number of nitrogens with zero attached hydrogens (tertiary/aromatic N) is 1. The predicted molar refractivity (Wildman–Crippen MR) is 79.2 cm³/mol. The standard InChI is InChI=1S/C14H15Cl2N3/c1-2-9-8-18-7-6-10(9)14(19-17)11-4-3-5-12(15)13(11)16/h3-8,14,19H,2,17H2,1H3. The number of aromatic nitrogens is 1. The van der Waals surface area contributed by atoms with Crippen LogP contribution in [0.4, 0.5) is 0 Å². The van der Waals surface area contributed by atoms with Crippen molar-refractivity contribution in [2.45, 2.75) is 19.4 Å². The molecule has 0 aliphatic carbocycles. The van der Waals surface area contributed by atoms with Gasteiger partial charge in [-0.25, -0.2) is 5.43 Å². The van der Waals surface area contributed by atoms with Gasteiger partial charge in [0.2, 0.25) is 0 Å². The van der Waals surface area contributed by atoms with Crippen molar-refractivity contribution in [1.29, 1.82) is 0 Å². The molecule has 0 amide bonds. The summed E-state index contributed by atoms with van der Waals surface area (Å²) in [5.74, 6) is 5.71. The van der Waals surface area contributed by atoms with Gasteiger partial charge in [0.15, 0.2) is 0 Å². The first-order valence-corrected chi connectivity index (χ1v) is 6.77. The lowest BCUT2D eigenvalue weighted by Crippen LogP contribution is -2.30. The number of benzene rings is 1. The fraction of sp³-hybridized carbons (Fsp3) is 0.214. The van der Waals surface area contributed by atoms with Crippen LogP contribution in [0.25, 0.3) is 0 Å². The third kappa shape index (κ3) is 2.90. The summed E-state index contributed by atoms with van der Waals surface area (Å²) in [5, 5.41) is 1.04. The average Bonchev–Trinajstić information content (AvgIpc) is 2.45. The van der Waals surface area contributed by atoms with E-state index in [2.05, 4.69) is 17.3 Å². The summed E-state index contributed by atoms with van der Waals surface area (Å²) in [6.07, 6.45) is 4.47. The Kier molecular flexibility index (Phi) is 4.77. The lowest BCUT2D eigenvalue weighted by atomic mass is 9.95. The van der Waals surface area contributed by atoms with E-state index in [-0.39, 0.29) is 6.04 Å². The molecule has 0 spiro atoms. The van der Waals surface area contributed by atoms with Crippen LogP contribution in [0, 0.1) is 0 Å². The summed E-state index contributed by atoms with van der Waals surface area (Å²) >= 11 is 12.3. The zero-order valence-electron chi connectivity index (χ0n) is 10.5. The minimum absolute atomic E-state index is 0.204. The maximum absolute atomic E-state index is 6.27. The zero-order valence-corrected chi connectivity index (χ0v) is 12.0. The van der Waals surface area contributed by atoms with Crippen molar-refractivity contribution in [3.8, 4) is 0 Å². The second kappa shape index (κ2) is 6.35. The van der Waals surface area contributed by atoms with E-state index in [1.807, 2.05) is 24.4 Å². The van der Waals surface area contributed by atoms with E-state index < -0.39 is 0 Å². The molecule has 100 valence electrons. The van der Waals surface area contributed by atoms with Crippen molar-refractivity contribution < 1.29 is 0 Å². The zero-order chi connectivity index (χ0) is 13.8. The molecule has 1 atom stereocenters. The first kappa shape index (κ1) is 14.3. The Morgan fingerprint density at radius 3 is 2.74 bits per heavy atom. The molecule has 0 saturated heterocycles. The van der Waals surface area contributed by atoms with E-state index in [0.717, 1.165) is 23.1 Å². The van der Waals surface area contributed by atoms with E-state index in [9.17, 15) is 0 Å². The van der Waals surface area contributed by atoms with E-state index in [0.29, 0.717) is 10.0 Å². The molecular weight excluding hydrogens is 281 g/mol. The number of hydrazine groups is 1. The van der Waals surface area contributed by atoms with Crippen molar-refractivity contribution in [2.24, 2.45) is 5.84 Å². The lowest BCUT2D eigenvalue weighted by Gasteiger charge is -2.21. The summed E-state index contributed by atoms with van der Waals surface area (Å²) in [7, 11) is 0. The minimum atomic E-state index is -0.204. The normalized spacial score (nSPS) is 12.4. The highest BCUT2D eigenvalue weighted by Crippen LogP contribution is 2.33. The summed E-state index contributed by atoms with van der Waals surface area (Å²) < 4.78 is 0. The molecule has 1 unspecified atom stereocenters. The topological polar surface area (TPSA) is 50.9 Å². The molecular formula is C14H15Cl2N3. The molecule has 0 saturated carbocycles. The molecule has 1 aromatic heterocycles. The van der Waals surface area contributed by atoms with Gasteiger partial charge in [0.25, 0.3) is 0 Å². The fourth-order valence-corrected chi connectivity index (χ4v) is 2.52. The van der Waals surface area contributed by atoms with Crippen molar-refractivity contribution >= 4 is 23.2 Å². The fourth-order valence-electron chi connectivity index (χ4n) is 2.11. The van der Waals surface area contributed by atoms with Gasteiger partial charge in [-0.2, -0.15) is 0 Å². The molecule has 2 aromatic rings. The minimum Gasteiger partial charge on any atom is -0.271 e. The van der Waals surface area contributed by atoms with Gasteiger partial charge in [0.1, 0.15) is 0 Å². The maximum atomic E-state index is 6.27. The molecule has 19 heavy (non-hydrogen) atoms. The molecule has 0 radical (unpaired) electrons. The molecule has 3 nitrogen and oxygen atoms in total. The number of halogens is 2. The molecule has 0 aliphatic heterocycles. The molecule has 0 bridgehead atoms. The molecule has 5 heteroatoms. The van der Waals surface area contributed by atoms with E-state index in [4.69, 9.17) is 29.0 Å². The number of nitrogens with one attached hydrogen (secondary N) is 1. The smallest absolute Gasteiger partial charge is 0.0728 e. The Morgan fingerprint density at radius 2 is 2.05 bits per heavy atom. The maximum Gasteiger partial charge on any atom is 0.0728 e. The molecule has 3 N–H and O–H groups in total. The van der Waals surface area contributed by atoms with Gasteiger partial charge in [0.05, 0.1) is 16.1 Å². The Balaban J connectivity index is 2.53. The van der Waals surface area contributed by atoms with Gasteiger partial charge >= 0.3 is 0 Å². The van der Waals surface area contributed by atoms with Gasteiger partial charge in [0, 0.05) is 12.4 Å². The van der Waals surface area contributed by atoms with Gasteiger partial charge in [-0.05, 0) is 35.2 Å². The number of pyridine rings is 1. The van der Waals surface area contributed by atoms with Crippen LogP contribution in [-0.2, 0) is 6.42 Å². The van der Waals surface area contributed by atoms with Crippen molar-refractivity contribution in [3.63, 3.8) is 0 Å². The lowest BCUT2D eigenvalue weighted by molar-refractivity contribution is 0.630. The van der Waals surface area contributed by atoms with Crippen LogP contribution in [0.2, 0.25) is 10.0 Å². The van der Waals surface area contributed by atoms with Crippen LogP contribution < -0.4 is 11.3 Å². The summed E-state index contributed by atoms with van der Waals surface area (Å²) in [6, 6.07) is 7.28. The second-order valence-electron chi connectivity index (χ2n) is 4.17. The van der Waals surface area contributed by atoms with Gasteiger partial charge in [-0.15, -0.1) is 0 Å². The van der Waals surface area contributed by atoms with Gasteiger partial charge < -0.3 is 0 Å². The third-order valence-corrected chi connectivity index (χ3v) is 3.93. The monoisotopic (exact) mass is 295 g/mol. The SMILES string of the molecule is CCc1cnccc1C(NN)c1cccc(Cl)c1Cl. The van der Waals surface area contributed by atoms with Crippen LogP contribution in [0.15, 0.2) is 36.7 Å². The number of rotatable bonds is 4. The number of hydrogen-bond donors (Lipinski definition) is 2. The largest absolute Gasteiger partial charge is 0.271 e. The van der Waals surface area contributed by atoms with E-state index in [1.54, 1.807) is 12.3 Å². The molecule has 0 aliphatic rings. The second-order valence-corrected chi connectivity index (χ2v) is 4.96. The molecule has 0 fully saturated rings. The van der Waals surface area contributed by atoms with Crippen molar-refractivity contribution in [3.05, 3.63) is 63.4 Å². The molecule has 1 heterocycles. The van der Waals surface area contributed by atoms with Gasteiger partial charge in [-0.3, -0.25) is 10.8 Å². The number of aryl methyl sites for hydroxylation is 1. The van der Waals surface area contributed by atoms with Crippen molar-refractivity contribution in [1.82, 2.24) is 10.4 Å². The highest BCUT2D eigenvalue weighted by Gasteiger charge is 2.19. The van der Waals surface area contributed by atoms with Crippen LogP contribution >= 0.6 is 23.2 Å². The molecule has 1 aromatic carbocycles. The van der Waals surface area contributed by atoms with Crippen LogP contribution in [-0.4, -0.2) is 4.98 Å². The average molecular weight is 296 g/mol. The van der Waals surface area contributed by atoms with Crippen molar-refractivity contribution in [2.75, 3.05) is 0 Å². The van der Waals surface area contributed by atoms with E-state index in [1.165, 1.54) is 0 Å². The quantitative estimate of drug-likeness (QED) is 0.670. The summed E-state index contributed by atoms with van der Waals surface area (Å²) in [6.45, 7) is 2.08. The summed E-state index contributed by atoms with van der Waals surface area (Å²) in [5.41, 5.74) is 5.85. The summed E-state index contributed by atoms with van der Waals surface area (Å²) in [4.78, 5) is 4.14. The predicted octanol–water partition coefficient (Wildman–Crippen LogP) is 3.50.